The van der Waals surface area contributed by atoms with Gasteiger partial charge in [0, 0.05) is 16.6 Å². The molecule has 4 heteroatoms. The summed E-state index contributed by atoms with van der Waals surface area (Å²) in [5.41, 5.74) is 0.879. The predicted molar refractivity (Wildman–Crippen MR) is 93.1 cm³/mol. The highest BCUT2D eigenvalue weighted by Crippen LogP contribution is 2.19. The third kappa shape index (κ3) is 7.00. The Morgan fingerprint density at radius 3 is 2.71 bits per heavy atom. The third-order valence-corrected chi connectivity index (χ3v) is 4.20. The summed E-state index contributed by atoms with van der Waals surface area (Å²) in [6, 6.07) is 8.37. The molecule has 0 fully saturated rings. The van der Waals surface area contributed by atoms with E-state index in [1.807, 2.05) is 30.5 Å². The summed E-state index contributed by atoms with van der Waals surface area (Å²) in [6.45, 7) is 7.95. The molecule has 0 aliphatic heterocycles. The van der Waals surface area contributed by atoms with Crippen LogP contribution in [0, 0.1) is 0 Å². The number of carbonyl (C=O) groups excluding carboxylic acids is 1. The molecule has 0 aliphatic rings. The second-order valence-corrected chi connectivity index (χ2v) is 6.43. The topological polar surface area (TPSA) is 32.3 Å². The molecule has 0 radical (unpaired) electrons. The Bertz CT molecular complexity index is 435. The monoisotopic (exact) mass is 308 g/mol. The molecule has 0 saturated heterocycles. The van der Waals surface area contributed by atoms with E-state index in [-0.39, 0.29) is 5.91 Å². The molecule has 1 aromatic rings. The summed E-state index contributed by atoms with van der Waals surface area (Å²) in [5.74, 6) is 0.0680. The van der Waals surface area contributed by atoms with E-state index in [0.717, 1.165) is 23.5 Å². The summed E-state index contributed by atoms with van der Waals surface area (Å²) in [5, 5.41) is 3.00. The van der Waals surface area contributed by atoms with Crippen LogP contribution in [-0.2, 0) is 4.79 Å². The molecule has 0 spiro atoms. The van der Waals surface area contributed by atoms with Gasteiger partial charge in [-0.3, -0.25) is 9.69 Å². The molecule has 0 bridgehead atoms. The minimum absolute atomic E-state index is 0.0680. The lowest BCUT2D eigenvalue weighted by Crippen LogP contribution is -2.38. The molecular formula is C17H28N2OS. The van der Waals surface area contributed by atoms with Crippen molar-refractivity contribution < 1.29 is 4.79 Å². The standard InChI is InChI=1S/C17H28N2OS/c1-5-6-7-11-19(14(2)3)13-17(20)18-15-9-8-10-16(12-15)21-4/h8-10,12,14H,5-7,11,13H2,1-4H3,(H,18,20). The van der Waals surface area contributed by atoms with Gasteiger partial charge in [-0.15, -0.1) is 11.8 Å². The van der Waals surface area contributed by atoms with Gasteiger partial charge in [-0.25, -0.2) is 0 Å². The minimum Gasteiger partial charge on any atom is -0.325 e. The van der Waals surface area contributed by atoms with E-state index >= 15 is 0 Å². The van der Waals surface area contributed by atoms with Crippen molar-refractivity contribution in [3.8, 4) is 0 Å². The van der Waals surface area contributed by atoms with E-state index in [1.54, 1.807) is 11.8 Å². The van der Waals surface area contributed by atoms with E-state index in [0.29, 0.717) is 12.6 Å². The number of rotatable bonds is 9. The number of nitrogens with zero attached hydrogens (tertiary/aromatic N) is 1. The number of nitrogens with one attached hydrogen (secondary N) is 1. The van der Waals surface area contributed by atoms with Gasteiger partial charge in [-0.2, -0.15) is 0 Å². The maximum atomic E-state index is 12.2. The van der Waals surface area contributed by atoms with Crippen LogP contribution >= 0.6 is 11.8 Å². The normalized spacial score (nSPS) is 11.1. The SMILES string of the molecule is CCCCCN(CC(=O)Nc1cccc(SC)c1)C(C)C. The highest BCUT2D eigenvalue weighted by atomic mass is 32.2. The second kappa shape index (κ2) is 9.85. The van der Waals surface area contributed by atoms with Crippen LogP contribution in [0.15, 0.2) is 29.2 Å². The number of hydrogen-bond donors (Lipinski definition) is 1. The Kier molecular flexibility index (Phi) is 8.47. The predicted octanol–water partition coefficient (Wildman–Crippen LogP) is 4.25. The molecule has 0 aromatic heterocycles. The zero-order valence-electron chi connectivity index (χ0n) is 13.7. The number of amides is 1. The lowest BCUT2D eigenvalue weighted by Gasteiger charge is -2.25. The molecule has 1 aromatic carbocycles. The first kappa shape index (κ1) is 18.1. The van der Waals surface area contributed by atoms with Crippen molar-refractivity contribution in [3.63, 3.8) is 0 Å². The fourth-order valence-electron chi connectivity index (χ4n) is 2.17. The molecular weight excluding hydrogens is 280 g/mol. The van der Waals surface area contributed by atoms with Crippen molar-refractivity contribution in [2.45, 2.75) is 51.0 Å². The molecule has 21 heavy (non-hydrogen) atoms. The fourth-order valence-corrected chi connectivity index (χ4v) is 2.63. The molecule has 118 valence electrons. The summed E-state index contributed by atoms with van der Waals surface area (Å²) in [7, 11) is 0. The molecule has 1 rings (SSSR count). The van der Waals surface area contributed by atoms with Gasteiger partial charge in [-0.05, 0) is 51.3 Å². The Labute approximate surface area is 133 Å². The van der Waals surface area contributed by atoms with Crippen molar-refractivity contribution in [2.75, 3.05) is 24.7 Å². The van der Waals surface area contributed by atoms with Crippen LogP contribution in [0.5, 0.6) is 0 Å². The smallest absolute Gasteiger partial charge is 0.238 e. The van der Waals surface area contributed by atoms with Gasteiger partial charge in [0.2, 0.25) is 5.91 Å². The number of anilines is 1. The largest absolute Gasteiger partial charge is 0.325 e. The average molecular weight is 308 g/mol. The Morgan fingerprint density at radius 1 is 1.33 bits per heavy atom. The molecule has 0 heterocycles. The summed E-state index contributed by atoms with van der Waals surface area (Å²) >= 11 is 1.68. The van der Waals surface area contributed by atoms with E-state index in [4.69, 9.17) is 0 Å². The minimum atomic E-state index is 0.0680. The second-order valence-electron chi connectivity index (χ2n) is 5.55. The first-order valence-electron chi connectivity index (χ1n) is 7.74. The average Bonchev–Trinajstić information content (AvgIpc) is 2.46. The van der Waals surface area contributed by atoms with Crippen molar-refractivity contribution in [1.29, 1.82) is 0 Å². The zero-order chi connectivity index (χ0) is 15.7. The quantitative estimate of drug-likeness (QED) is 0.547. The number of hydrogen-bond acceptors (Lipinski definition) is 3. The lowest BCUT2D eigenvalue weighted by atomic mass is 10.2. The lowest BCUT2D eigenvalue weighted by molar-refractivity contribution is -0.117. The maximum Gasteiger partial charge on any atom is 0.238 e. The molecule has 0 atom stereocenters. The maximum absolute atomic E-state index is 12.2. The molecule has 0 saturated carbocycles. The highest BCUT2D eigenvalue weighted by molar-refractivity contribution is 7.98. The van der Waals surface area contributed by atoms with Crippen molar-refractivity contribution >= 4 is 23.4 Å². The molecule has 0 unspecified atom stereocenters. The van der Waals surface area contributed by atoms with Gasteiger partial charge in [0.1, 0.15) is 0 Å². The summed E-state index contributed by atoms with van der Waals surface area (Å²) < 4.78 is 0. The van der Waals surface area contributed by atoms with Crippen LogP contribution in [-0.4, -0.2) is 36.2 Å². The number of unbranched alkanes of at least 4 members (excludes halogenated alkanes) is 2. The van der Waals surface area contributed by atoms with E-state index in [9.17, 15) is 4.79 Å². The van der Waals surface area contributed by atoms with Crippen LogP contribution < -0.4 is 5.32 Å². The van der Waals surface area contributed by atoms with E-state index in [1.165, 1.54) is 12.8 Å². The van der Waals surface area contributed by atoms with Crippen LogP contribution in [0.1, 0.15) is 40.0 Å². The Balaban J connectivity index is 2.52. The van der Waals surface area contributed by atoms with Gasteiger partial charge >= 0.3 is 0 Å². The summed E-state index contributed by atoms with van der Waals surface area (Å²) in [4.78, 5) is 15.6. The van der Waals surface area contributed by atoms with Crippen LogP contribution in [0.3, 0.4) is 0 Å². The number of benzene rings is 1. The first-order chi connectivity index (χ1) is 10.1. The van der Waals surface area contributed by atoms with Crippen LogP contribution in [0.2, 0.25) is 0 Å². The van der Waals surface area contributed by atoms with Crippen molar-refractivity contribution in [2.24, 2.45) is 0 Å². The number of thioether (sulfide) groups is 1. The van der Waals surface area contributed by atoms with Gasteiger partial charge in [0.25, 0.3) is 0 Å². The van der Waals surface area contributed by atoms with Gasteiger partial charge < -0.3 is 5.32 Å². The Morgan fingerprint density at radius 2 is 2.10 bits per heavy atom. The first-order valence-corrected chi connectivity index (χ1v) is 8.97. The molecule has 1 N–H and O–H groups in total. The fraction of sp³-hybridized carbons (Fsp3) is 0.588. The van der Waals surface area contributed by atoms with Crippen molar-refractivity contribution in [3.05, 3.63) is 24.3 Å². The van der Waals surface area contributed by atoms with Gasteiger partial charge in [0.05, 0.1) is 6.54 Å². The van der Waals surface area contributed by atoms with Gasteiger partial charge in [-0.1, -0.05) is 25.8 Å². The van der Waals surface area contributed by atoms with Crippen LogP contribution in [0.4, 0.5) is 5.69 Å². The number of carbonyl (C=O) groups is 1. The van der Waals surface area contributed by atoms with E-state index in [2.05, 4.69) is 31.0 Å². The molecule has 3 nitrogen and oxygen atoms in total. The van der Waals surface area contributed by atoms with Crippen LogP contribution in [0.25, 0.3) is 0 Å². The van der Waals surface area contributed by atoms with E-state index < -0.39 is 0 Å². The van der Waals surface area contributed by atoms with Crippen molar-refractivity contribution in [1.82, 2.24) is 4.90 Å². The Hall–Kier alpha value is -1.00. The molecule has 1 amide bonds. The zero-order valence-corrected chi connectivity index (χ0v) is 14.5. The van der Waals surface area contributed by atoms with Gasteiger partial charge in [0.15, 0.2) is 0 Å². The third-order valence-electron chi connectivity index (χ3n) is 3.48. The summed E-state index contributed by atoms with van der Waals surface area (Å²) in [6.07, 6.45) is 5.62. The molecule has 0 aliphatic carbocycles. The highest BCUT2D eigenvalue weighted by Gasteiger charge is 2.13.